The van der Waals surface area contributed by atoms with Gasteiger partial charge in [-0.25, -0.2) is 4.98 Å². The van der Waals surface area contributed by atoms with E-state index < -0.39 is 0 Å². The highest BCUT2D eigenvalue weighted by Crippen LogP contribution is 2.20. The Hall–Kier alpha value is -2.60. The number of carbonyl (C=O) groups is 1. The van der Waals surface area contributed by atoms with Crippen molar-refractivity contribution in [3.63, 3.8) is 0 Å². The zero-order valence-electron chi connectivity index (χ0n) is 13.6. The first-order chi connectivity index (χ1) is 11.7. The van der Waals surface area contributed by atoms with Gasteiger partial charge in [0.2, 0.25) is 0 Å². The van der Waals surface area contributed by atoms with Crippen LogP contribution in [0.15, 0.2) is 42.9 Å². The Kier molecular flexibility index (Phi) is 3.82. The van der Waals surface area contributed by atoms with E-state index in [0.29, 0.717) is 25.3 Å². The highest BCUT2D eigenvalue weighted by Gasteiger charge is 2.26. The SMILES string of the molecule is COCC1CN(C(=O)c2ccc3[nH]ccc3c2)Cc2nccn2C1. The maximum absolute atomic E-state index is 13.0. The molecule has 1 unspecified atom stereocenters. The molecule has 24 heavy (non-hydrogen) atoms. The summed E-state index contributed by atoms with van der Waals surface area (Å²) in [5, 5.41) is 1.05. The molecule has 3 aromatic rings. The van der Waals surface area contributed by atoms with Gasteiger partial charge in [-0.3, -0.25) is 4.79 Å². The minimum Gasteiger partial charge on any atom is -0.384 e. The van der Waals surface area contributed by atoms with Crippen molar-refractivity contribution in [3.05, 3.63) is 54.2 Å². The summed E-state index contributed by atoms with van der Waals surface area (Å²) in [6, 6.07) is 7.75. The van der Waals surface area contributed by atoms with Gasteiger partial charge in [0.15, 0.2) is 0 Å². The fourth-order valence-corrected chi connectivity index (χ4v) is 3.41. The van der Waals surface area contributed by atoms with E-state index in [0.717, 1.165) is 23.3 Å². The second-order valence-electron chi connectivity index (χ2n) is 6.28. The van der Waals surface area contributed by atoms with Crippen molar-refractivity contribution in [2.24, 2.45) is 5.92 Å². The van der Waals surface area contributed by atoms with Crippen molar-refractivity contribution in [1.82, 2.24) is 19.4 Å². The lowest BCUT2D eigenvalue weighted by Gasteiger charge is -2.23. The largest absolute Gasteiger partial charge is 0.384 e. The van der Waals surface area contributed by atoms with Gasteiger partial charge in [0.25, 0.3) is 5.91 Å². The zero-order valence-corrected chi connectivity index (χ0v) is 13.6. The second kappa shape index (κ2) is 6.13. The van der Waals surface area contributed by atoms with Gasteiger partial charge in [0, 0.05) is 61.2 Å². The van der Waals surface area contributed by atoms with E-state index in [1.165, 1.54) is 0 Å². The number of fused-ring (bicyclic) bond motifs is 2. The molecule has 0 saturated heterocycles. The lowest BCUT2D eigenvalue weighted by molar-refractivity contribution is 0.0666. The summed E-state index contributed by atoms with van der Waals surface area (Å²) < 4.78 is 7.45. The first-order valence-corrected chi connectivity index (χ1v) is 8.10. The van der Waals surface area contributed by atoms with Crippen molar-refractivity contribution >= 4 is 16.8 Å². The topological polar surface area (TPSA) is 63.1 Å². The van der Waals surface area contributed by atoms with E-state index in [4.69, 9.17) is 4.74 Å². The molecule has 0 fully saturated rings. The number of imidazole rings is 1. The summed E-state index contributed by atoms with van der Waals surface area (Å²) in [4.78, 5) is 22.5. The maximum Gasteiger partial charge on any atom is 0.254 e. The first kappa shape index (κ1) is 15.0. The molecule has 0 radical (unpaired) electrons. The highest BCUT2D eigenvalue weighted by atomic mass is 16.5. The maximum atomic E-state index is 13.0. The number of benzene rings is 1. The van der Waals surface area contributed by atoms with Gasteiger partial charge in [-0.15, -0.1) is 0 Å². The van der Waals surface area contributed by atoms with Crippen LogP contribution in [-0.2, 0) is 17.8 Å². The summed E-state index contributed by atoms with van der Waals surface area (Å²) in [7, 11) is 1.70. The summed E-state index contributed by atoms with van der Waals surface area (Å²) in [6.07, 6.45) is 5.65. The Balaban J connectivity index is 1.64. The number of methoxy groups -OCH3 is 1. The van der Waals surface area contributed by atoms with Crippen LogP contribution >= 0.6 is 0 Å². The molecule has 0 aliphatic carbocycles. The Bertz CT molecular complexity index is 867. The van der Waals surface area contributed by atoms with Crippen molar-refractivity contribution in [1.29, 1.82) is 0 Å². The zero-order chi connectivity index (χ0) is 16.5. The quantitative estimate of drug-likeness (QED) is 0.804. The summed E-state index contributed by atoms with van der Waals surface area (Å²) in [5.74, 6) is 1.21. The van der Waals surface area contributed by atoms with Crippen LogP contribution in [0.4, 0.5) is 0 Å². The number of H-pyrrole nitrogens is 1. The van der Waals surface area contributed by atoms with Crippen LogP contribution in [0.3, 0.4) is 0 Å². The molecule has 3 heterocycles. The summed E-state index contributed by atoms with van der Waals surface area (Å²) >= 11 is 0. The molecular weight excluding hydrogens is 304 g/mol. The lowest BCUT2D eigenvalue weighted by Crippen LogP contribution is -2.35. The monoisotopic (exact) mass is 324 g/mol. The molecule has 4 rings (SSSR count). The molecule has 1 N–H and O–H groups in total. The number of aromatic amines is 1. The van der Waals surface area contributed by atoms with Crippen LogP contribution in [0.2, 0.25) is 0 Å². The number of rotatable bonds is 3. The number of amides is 1. The Morgan fingerprint density at radius 2 is 2.29 bits per heavy atom. The van der Waals surface area contributed by atoms with E-state index in [1.54, 1.807) is 13.3 Å². The van der Waals surface area contributed by atoms with Gasteiger partial charge < -0.3 is 19.2 Å². The van der Waals surface area contributed by atoms with Crippen molar-refractivity contribution in [2.45, 2.75) is 13.1 Å². The van der Waals surface area contributed by atoms with E-state index in [2.05, 4.69) is 14.5 Å². The summed E-state index contributed by atoms with van der Waals surface area (Å²) in [6.45, 7) is 2.64. The smallest absolute Gasteiger partial charge is 0.254 e. The van der Waals surface area contributed by atoms with Crippen LogP contribution in [-0.4, -0.2) is 45.6 Å². The normalized spacial score (nSPS) is 17.7. The molecule has 6 nitrogen and oxygen atoms in total. The molecule has 1 aliphatic rings. The van der Waals surface area contributed by atoms with E-state index in [9.17, 15) is 4.79 Å². The fraction of sp³-hybridized carbons (Fsp3) is 0.333. The average Bonchev–Trinajstić information content (AvgIpc) is 3.19. The number of carbonyl (C=O) groups excluding carboxylic acids is 1. The van der Waals surface area contributed by atoms with Crippen molar-refractivity contribution in [3.8, 4) is 0 Å². The standard InChI is InChI=1S/C18H20N4O2/c1-24-12-13-9-21-7-6-20-17(21)11-22(10-13)18(23)15-2-3-16-14(8-15)4-5-19-16/h2-8,13,19H,9-12H2,1H3. The third-order valence-corrected chi connectivity index (χ3v) is 4.56. The number of nitrogens with one attached hydrogen (secondary N) is 1. The highest BCUT2D eigenvalue weighted by molar-refractivity contribution is 5.98. The Morgan fingerprint density at radius 1 is 1.38 bits per heavy atom. The molecule has 6 heteroatoms. The third kappa shape index (κ3) is 2.69. The van der Waals surface area contributed by atoms with E-state index in [-0.39, 0.29) is 11.8 Å². The molecule has 1 aliphatic heterocycles. The van der Waals surface area contributed by atoms with Crippen LogP contribution < -0.4 is 0 Å². The lowest BCUT2D eigenvalue weighted by atomic mass is 10.1. The fourth-order valence-electron chi connectivity index (χ4n) is 3.41. The molecule has 0 bridgehead atoms. The van der Waals surface area contributed by atoms with E-state index in [1.807, 2.05) is 41.6 Å². The Labute approximate surface area is 140 Å². The Morgan fingerprint density at radius 3 is 3.17 bits per heavy atom. The van der Waals surface area contributed by atoms with Gasteiger partial charge in [-0.05, 0) is 24.3 Å². The third-order valence-electron chi connectivity index (χ3n) is 4.56. The van der Waals surface area contributed by atoms with Crippen LogP contribution in [0.5, 0.6) is 0 Å². The molecule has 1 aromatic carbocycles. The van der Waals surface area contributed by atoms with Crippen LogP contribution in [0.1, 0.15) is 16.2 Å². The number of hydrogen-bond donors (Lipinski definition) is 1. The second-order valence-corrected chi connectivity index (χ2v) is 6.28. The van der Waals surface area contributed by atoms with Gasteiger partial charge in [0.1, 0.15) is 5.82 Å². The van der Waals surface area contributed by atoms with Gasteiger partial charge in [-0.2, -0.15) is 0 Å². The molecule has 2 aromatic heterocycles. The van der Waals surface area contributed by atoms with Crippen LogP contribution in [0, 0.1) is 5.92 Å². The predicted molar refractivity (Wildman–Crippen MR) is 90.6 cm³/mol. The van der Waals surface area contributed by atoms with Crippen LogP contribution in [0.25, 0.3) is 10.9 Å². The first-order valence-electron chi connectivity index (χ1n) is 8.10. The minimum atomic E-state index is 0.0376. The minimum absolute atomic E-state index is 0.0376. The summed E-state index contributed by atoms with van der Waals surface area (Å²) in [5.41, 5.74) is 1.74. The average molecular weight is 324 g/mol. The van der Waals surface area contributed by atoms with Gasteiger partial charge in [-0.1, -0.05) is 0 Å². The van der Waals surface area contributed by atoms with Gasteiger partial charge in [0.05, 0.1) is 13.2 Å². The molecule has 124 valence electrons. The van der Waals surface area contributed by atoms with Crippen molar-refractivity contribution in [2.75, 3.05) is 20.3 Å². The number of ether oxygens (including phenoxy) is 1. The number of hydrogen-bond acceptors (Lipinski definition) is 3. The van der Waals surface area contributed by atoms with Gasteiger partial charge >= 0.3 is 0 Å². The molecule has 1 atom stereocenters. The number of aromatic nitrogens is 3. The van der Waals surface area contributed by atoms with Crippen molar-refractivity contribution < 1.29 is 9.53 Å². The molecular formula is C18H20N4O2. The molecule has 1 amide bonds. The molecule has 0 saturated carbocycles. The van der Waals surface area contributed by atoms with E-state index >= 15 is 0 Å². The number of nitrogens with zero attached hydrogens (tertiary/aromatic N) is 3. The predicted octanol–water partition coefficient (Wildman–Crippen LogP) is 2.28. The molecule has 0 spiro atoms.